The molecule has 3 nitrogen and oxygen atoms in total. The monoisotopic (exact) mass is 293 g/mol. The highest BCUT2D eigenvalue weighted by Crippen LogP contribution is 2.31. The molecule has 0 fully saturated rings. The average molecular weight is 294 g/mol. The van der Waals surface area contributed by atoms with Crippen molar-refractivity contribution < 1.29 is 4.39 Å². The molecular weight excluding hydrogens is 277 g/mol. The van der Waals surface area contributed by atoms with Gasteiger partial charge in [-0.25, -0.2) is 4.39 Å². The minimum Gasteiger partial charge on any atom is -0.398 e. The van der Waals surface area contributed by atoms with E-state index < -0.39 is 0 Å². The van der Waals surface area contributed by atoms with Gasteiger partial charge in [-0.05, 0) is 36.7 Å². The number of hydrogen-bond acceptors (Lipinski definition) is 3. The molecule has 1 atom stereocenters. The summed E-state index contributed by atoms with van der Waals surface area (Å²) in [6, 6.07) is 5.93. The summed E-state index contributed by atoms with van der Waals surface area (Å²) in [6.07, 6.45) is 4.32. The van der Waals surface area contributed by atoms with Gasteiger partial charge in [0, 0.05) is 28.7 Å². The summed E-state index contributed by atoms with van der Waals surface area (Å²) < 4.78 is 13.2. The van der Waals surface area contributed by atoms with Crippen molar-refractivity contribution in [2.75, 3.05) is 12.3 Å². The summed E-state index contributed by atoms with van der Waals surface area (Å²) in [5.41, 5.74) is 8.28. The van der Waals surface area contributed by atoms with Gasteiger partial charge in [0.05, 0.1) is 6.04 Å². The largest absolute Gasteiger partial charge is 0.398 e. The third-order valence-corrected chi connectivity index (χ3v) is 3.40. The molecule has 1 aromatic heterocycles. The fourth-order valence-corrected chi connectivity index (χ4v) is 2.35. The molecule has 0 aliphatic rings. The zero-order valence-electron chi connectivity index (χ0n) is 11.2. The third kappa shape index (κ3) is 3.26. The number of benzene rings is 1. The number of anilines is 1. The van der Waals surface area contributed by atoms with Gasteiger partial charge in [-0.1, -0.05) is 24.6 Å². The van der Waals surface area contributed by atoms with Crippen molar-refractivity contribution in [3.8, 4) is 0 Å². The van der Waals surface area contributed by atoms with E-state index in [9.17, 15) is 4.39 Å². The maximum Gasteiger partial charge on any atom is 0.124 e. The topological polar surface area (TPSA) is 50.9 Å². The number of nitrogens with one attached hydrogen (secondary N) is 1. The Kier molecular flexibility index (Phi) is 4.93. The number of nitrogens with zero attached hydrogens (tertiary/aromatic N) is 1. The van der Waals surface area contributed by atoms with Crippen molar-refractivity contribution in [2.45, 2.75) is 19.4 Å². The van der Waals surface area contributed by atoms with Gasteiger partial charge in [-0.15, -0.1) is 0 Å². The first-order valence-electron chi connectivity index (χ1n) is 6.51. The summed E-state index contributed by atoms with van der Waals surface area (Å²) in [7, 11) is 0. The molecule has 0 bridgehead atoms. The highest BCUT2D eigenvalue weighted by atomic mass is 35.5. The van der Waals surface area contributed by atoms with Crippen LogP contribution in [0.15, 0.2) is 36.7 Å². The van der Waals surface area contributed by atoms with Crippen LogP contribution in [0.2, 0.25) is 5.02 Å². The van der Waals surface area contributed by atoms with E-state index in [-0.39, 0.29) is 11.9 Å². The Bertz CT molecular complexity index is 589. The molecule has 0 saturated carbocycles. The second kappa shape index (κ2) is 6.68. The Hall–Kier alpha value is -1.65. The van der Waals surface area contributed by atoms with Crippen molar-refractivity contribution in [3.63, 3.8) is 0 Å². The second-order valence-corrected chi connectivity index (χ2v) is 4.96. The Morgan fingerprint density at radius 3 is 2.80 bits per heavy atom. The van der Waals surface area contributed by atoms with Gasteiger partial charge in [0.25, 0.3) is 0 Å². The summed E-state index contributed by atoms with van der Waals surface area (Å²) in [6.45, 7) is 2.87. The smallest absolute Gasteiger partial charge is 0.124 e. The van der Waals surface area contributed by atoms with E-state index in [1.165, 1.54) is 12.1 Å². The van der Waals surface area contributed by atoms with Gasteiger partial charge >= 0.3 is 0 Å². The average Bonchev–Trinajstić information content (AvgIpc) is 2.42. The fourth-order valence-electron chi connectivity index (χ4n) is 2.07. The highest BCUT2D eigenvalue weighted by molar-refractivity contribution is 6.31. The van der Waals surface area contributed by atoms with Crippen molar-refractivity contribution in [3.05, 3.63) is 58.6 Å². The number of nitrogens with two attached hydrogens (primary N) is 1. The zero-order valence-corrected chi connectivity index (χ0v) is 12.0. The third-order valence-electron chi connectivity index (χ3n) is 3.07. The molecule has 20 heavy (non-hydrogen) atoms. The van der Waals surface area contributed by atoms with Gasteiger partial charge in [0.1, 0.15) is 5.82 Å². The van der Waals surface area contributed by atoms with Crippen LogP contribution in [-0.2, 0) is 0 Å². The van der Waals surface area contributed by atoms with E-state index in [2.05, 4.69) is 17.2 Å². The lowest BCUT2D eigenvalue weighted by atomic mass is 9.98. The molecule has 106 valence electrons. The van der Waals surface area contributed by atoms with E-state index in [4.69, 9.17) is 17.3 Å². The number of halogens is 2. The maximum absolute atomic E-state index is 13.2. The molecule has 0 amide bonds. The van der Waals surface area contributed by atoms with Crippen molar-refractivity contribution >= 4 is 17.3 Å². The number of rotatable bonds is 5. The number of aromatic nitrogens is 1. The minimum absolute atomic E-state index is 0.197. The Balaban J connectivity index is 2.44. The highest BCUT2D eigenvalue weighted by Gasteiger charge is 2.19. The van der Waals surface area contributed by atoms with E-state index in [1.807, 2.05) is 0 Å². The molecule has 0 aliphatic carbocycles. The molecule has 2 rings (SSSR count). The lowest BCUT2D eigenvalue weighted by Crippen LogP contribution is -2.24. The minimum atomic E-state index is -0.354. The number of nitrogen functional groups attached to an aromatic ring is 1. The quantitative estimate of drug-likeness (QED) is 0.886. The molecule has 3 N–H and O–H groups in total. The van der Waals surface area contributed by atoms with Crippen LogP contribution < -0.4 is 11.1 Å². The molecule has 2 aromatic rings. The molecular formula is C15H17ClFN3. The number of pyridine rings is 1. The Labute approximate surface area is 123 Å². The first-order valence-corrected chi connectivity index (χ1v) is 6.89. The van der Waals surface area contributed by atoms with Crippen molar-refractivity contribution in [1.82, 2.24) is 10.3 Å². The molecule has 1 heterocycles. The van der Waals surface area contributed by atoms with Gasteiger partial charge < -0.3 is 11.1 Å². The van der Waals surface area contributed by atoms with Crippen LogP contribution in [0.1, 0.15) is 30.5 Å². The van der Waals surface area contributed by atoms with Gasteiger partial charge in [-0.3, -0.25) is 4.98 Å². The standard InChI is InChI=1S/C15H17ClFN3/c1-2-6-20-15(12-9-19-7-5-14(12)18)11-4-3-10(17)8-13(11)16/h3-5,7-9,15,20H,2,6H2,1H3,(H2,18,19). The summed E-state index contributed by atoms with van der Waals surface area (Å²) in [5, 5.41) is 3.75. The zero-order chi connectivity index (χ0) is 14.5. The maximum atomic E-state index is 13.2. The van der Waals surface area contributed by atoms with Crippen LogP contribution >= 0.6 is 11.6 Å². The molecule has 0 saturated heterocycles. The van der Waals surface area contributed by atoms with Crippen molar-refractivity contribution in [2.24, 2.45) is 0 Å². The summed E-state index contributed by atoms with van der Waals surface area (Å²) >= 11 is 6.16. The van der Waals surface area contributed by atoms with Crippen LogP contribution in [0.25, 0.3) is 0 Å². The van der Waals surface area contributed by atoms with Crippen LogP contribution in [0, 0.1) is 5.82 Å². The normalized spacial score (nSPS) is 12.3. The molecule has 5 heteroatoms. The Morgan fingerprint density at radius 1 is 1.35 bits per heavy atom. The molecule has 1 aromatic carbocycles. The Morgan fingerprint density at radius 2 is 2.15 bits per heavy atom. The molecule has 0 radical (unpaired) electrons. The van der Waals surface area contributed by atoms with E-state index in [0.717, 1.165) is 24.1 Å². The van der Waals surface area contributed by atoms with Gasteiger partial charge in [0.2, 0.25) is 0 Å². The molecule has 1 unspecified atom stereocenters. The van der Waals surface area contributed by atoms with E-state index in [0.29, 0.717) is 10.7 Å². The van der Waals surface area contributed by atoms with Crippen LogP contribution in [0.4, 0.5) is 10.1 Å². The summed E-state index contributed by atoms with van der Waals surface area (Å²) in [5.74, 6) is -0.354. The molecule has 0 aliphatic heterocycles. The fraction of sp³-hybridized carbons (Fsp3) is 0.267. The van der Waals surface area contributed by atoms with Gasteiger partial charge in [-0.2, -0.15) is 0 Å². The van der Waals surface area contributed by atoms with Crippen LogP contribution in [-0.4, -0.2) is 11.5 Å². The SMILES string of the molecule is CCCNC(c1cnccc1N)c1ccc(F)cc1Cl. The predicted octanol–water partition coefficient (Wildman–Crippen LogP) is 3.55. The lowest BCUT2D eigenvalue weighted by Gasteiger charge is -2.21. The predicted molar refractivity (Wildman–Crippen MR) is 80.2 cm³/mol. The van der Waals surface area contributed by atoms with Crippen LogP contribution in [0.5, 0.6) is 0 Å². The molecule has 0 spiro atoms. The van der Waals surface area contributed by atoms with Crippen molar-refractivity contribution in [1.29, 1.82) is 0 Å². The lowest BCUT2D eigenvalue weighted by molar-refractivity contribution is 0.593. The first kappa shape index (κ1) is 14.8. The first-order chi connectivity index (χ1) is 9.63. The number of hydrogen-bond donors (Lipinski definition) is 2. The van der Waals surface area contributed by atoms with E-state index in [1.54, 1.807) is 24.5 Å². The van der Waals surface area contributed by atoms with Crippen LogP contribution in [0.3, 0.4) is 0 Å². The second-order valence-electron chi connectivity index (χ2n) is 4.56. The van der Waals surface area contributed by atoms with Gasteiger partial charge in [0.15, 0.2) is 0 Å². The van der Waals surface area contributed by atoms with E-state index >= 15 is 0 Å². The summed E-state index contributed by atoms with van der Waals surface area (Å²) in [4.78, 5) is 4.11.